The van der Waals surface area contributed by atoms with Crippen molar-refractivity contribution in [3.05, 3.63) is 72.8 Å². The Kier molecular flexibility index (Phi) is 1.92. The number of rotatable bonds is 0. The van der Waals surface area contributed by atoms with E-state index in [-0.39, 0.29) is 0 Å². The molecule has 0 aliphatic heterocycles. The number of hydrogen-bond donors (Lipinski definition) is 0. The first-order chi connectivity index (χ1) is 8.93. The van der Waals surface area contributed by atoms with Crippen LogP contribution in [0.4, 0.5) is 0 Å². The van der Waals surface area contributed by atoms with Crippen molar-refractivity contribution in [2.75, 3.05) is 0 Å². The highest BCUT2D eigenvalue weighted by Crippen LogP contribution is 2.30. The topological polar surface area (TPSA) is 0 Å². The zero-order valence-corrected chi connectivity index (χ0v) is 9.85. The first kappa shape index (κ1) is 9.67. The fourth-order valence-electron chi connectivity index (χ4n) is 2.68. The summed E-state index contributed by atoms with van der Waals surface area (Å²) in [5.41, 5.74) is 0. The van der Waals surface area contributed by atoms with Gasteiger partial charge in [-0.25, -0.2) is 0 Å². The molecule has 0 fully saturated rings. The molecular weight excluding hydrogens is 216 g/mol. The van der Waals surface area contributed by atoms with Gasteiger partial charge in [-0.1, -0.05) is 60.7 Å². The molecule has 4 rings (SSSR count). The van der Waals surface area contributed by atoms with Gasteiger partial charge in [-0.15, -0.1) is 0 Å². The van der Waals surface area contributed by atoms with Gasteiger partial charge in [-0.2, -0.15) is 0 Å². The molecule has 0 aromatic heterocycles. The van der Waals surface area contributed by atoms with Crippen molar-refractivity contribution >= 4 is 32.3 Å². The van der Waals surface area contributed by atoms with Crippen molar-refractivity contribution in [3.8, 4) is 0 Å². The summed E-state index contributed by atoms with van der Waals surface area (Å²) in [6, 6.07) is 26.9. The molecule has 0 bridgehead atoms. The van der Waals surface area contributed by atoms with Crippen molar-refractivity contribution in [1.82, 2.24) is 0 Å². The third-order valence-electron chi connectivity index (χ3n) is 3.56. The van der Waals surface area contributed by atoms with E-state index >= 15 is 0 Å². The van der Waals surface area contributed by atoms with E-state index in [1.54, 1.807) is 0 Å². The van der Waals surface area contributed by atoms with E-state index in [1.165, 1.54) is 32.3 Å². The van der Waals surface area contributed by atoms with Crippen LogP contribution >= 0.6 is 0 Å². The van der Waals surface area contributed by atoms with Gasteiger partial charge in [0.2, 0.25) is 0 Å². The molecule has 0 N–H and O–H groups in total. The quantitative estimate of drug-likeness (QED) is 0.373. The predicted octanol–water partition coefficient (Wildman–Crippen LogP) is 4.95. The van der Waals surface area contributed by atoms with Gasteiger partial charge in [0.25, 0.3) is 0 Å². The summed E-state index contributed by atoms with van der Waals surface area (Å²) in [7, 11) is 0. The summed E-state index contributed by atoms with van der Waals surface area (Å²) in [5, 5.41) is 7.64. The Morgan fingerprint density at radius 3 is 2.28 bits per heavy atom. The van der Waals surface area contributed by atoms with Crippen LogP contribution in [0.3, 0.4) is 0 Å². The fraction of sp³-hybridized carbons (Fsp3) is 0. The summed E-state index contributed by atoms with van der Waals surface area (Å²) in [6.45, 7) is 0. The number of fused-ring (bicyclic) bond motifs is 5. The molecule has 83 valence electrons. The molecule has 4 aromatic rings. The highest BCUT2D eigenvalue weighted by molar-refractivity contribution is 6.16. The Hall–Kier alpha value is -2.34. The van der Waals surface area contributed by atoms with Gasteiger partial charge in [-0.3, -0.25) is 0 Å². The zero-order chi connectivity index (χ0) is 11.9. The fourth-order valence-corrected chi connectivity index (χ4v) is 2.68. The van der Waals surface area contributed by atoms with Crippen LogP contribution in [0, 0.1) is 6.07 Å². The first-order valence-corrected chi connectivity index (χ1v) is 6.14. The summed E-state index contributed by atoms with van der Waals surface area (Å²) >= 11 is 0. The average molecular weight is 227 g/mol. The minimum atomic E-state index is 1.18. The lowest BCUT2D eigenvalue weighted by molar-refractivity contribution is 1.77. The minimum Gasteiger partial charge on any atom is -0.0616 e. The average Bonchev–Trinajstić information content (AvgIpc) is 2.46. The largest absolute Gasteiger partial charge is 0.0616 e. The van der Waals surface area contributed by atoms with E-state index in [2.05, 4.69) is 72.8 Å². The Bertz CT molecular complexity index is 797. The van der Waals surface area contributed by atoms with Gasteiger partial charge in [0.1, 0.15) is 0 Å². The van der Waals surface area contributed by atoms with E-state index in [4.69, 9.17) is 0 Å². The van der Waals surface area contributed by atoms with Gasteiger partial charge in [-0.05, 0) is 44.5 Å². The molecule has 0 heteroatoms. The van der Waals surface area contributed by atoms with Gasteiger partial charge >= 0.3 is 0 Å². The SMILES string of the molecule is [c]1cc2c3ccccc3ccc2c2ccccc12. The molecule has 4 aromatic carbocycles. The molecule has 18 heavy (non-hydrogen) atoms. The Morgan fingerprint density at radius 2 is 1.33 bits per heavy atom. The molecule has 0 aliphatic rings. The van der Waals surface area contributed by atoms with Crippen molar-refractivity contribution in [3.63, 3.8) is 0 Å². The second-order valence-electron chi connectivity index (χ2n) is 4.58. The Balaban J connectivity index is 2.31. The molecule has 0 nitrogen and oxygen atoms in total. The highest BCUT2D eigenvalue weighted by Gasteiger charge is 2.03. The third kappa shape index (κ3) is 1.26. The summed E-state index contributed by atoms with van der Waals surface area (Å²) in [5.74, 6) is 0. The lowest BCUT2D eigenvalue weighted by Crippen LogP contribution is -1.80. The lowest BCUT2D eigenvalue weighted by Gasteiger charge is -2.06. The Labute approximate surface area is 105 Å². The molecule has 0 amide bonds. The maximum atomic E-state index is 3.39. The molecular formula is C18H11. The van der Waals surface area contributed by atoms with E-state index < -0.39 is 0 Å². The monoisotopic (exact) mass is 227 g/mol. The van der Waals surface area contributed by atoms with Crippen molar-refractivity contribution in [2.45, 2.75) is 0 Å². The van der Waals surface area contributed by atoms with Crippen molar-refractivity contribution < 1.29 is 0 Å². The normalized spacial score (nSPS) is 11.3. The second kappa shape index (κ2) is 3.58. The van der Waals surface area contributed by atoms with Gasteiger partial charge < -0.3 is 0 Å². The zero-order valence-electron chi connectivity index (χ0n) is 9.85. The van der Waals surface area contributed by atoms with Crippen LogP contribution in [0.15, 0.2) is 66.7 Å². The van der Waals surface area contributed by atoms with Crippen molar-refractivity contribution in [1.29, 1.82) is 0 Å². The summed E-state index contributed by atoms with van der Waals surface area (Å²) in [4.78, 5) is 0. The van der Waals surface area contributed by atoms with Gasteiger partial charge in [0, 0.05) is 0 Å². The maximum Gasteiger partial charge on any atom is -0.00923 e. The van der Waals surface area contributed by atoms with E-state index in [9.17, 15) is 0 Å². The van der Waals surface area contributed by atoms with Crippen LogP contribution in [-0.4, -0.2) is 0 Å². The molecule has 0 saturated heterocycles. The van der Waals surface area contributed by atoms with Gasteiger partial charge in [0.15, 0.2) is 0 Å². The lowest BCUT2D eigenvalue weighted by atomic mass is 9.97. The van der Waals surface area contributed by atoms with Crippen molar-refractivity contribution in [2.24, 2.45) is 0 Å². The van der Waals surface area contributed by atoms with E-state index in [0.717, 1.165) is 0 Å². The molecule has 0 heterocycles. The van der Waals surface area contributed by atoms with Crippen LogP contribution in [0.2, 0.25) is 0 Å². The van der Waals surface area contributed by atoms with Crippen LogP contribution in [0.1, 0.15) is 0 Å². The molecule has 0 aliphatic carbocycles. The van der Waals surface area contributed by atoms with E-state index in [0.29, 0.717) is 0 Å². The predicted molar refractivity (Wildman–Crippen MR) is 77.8 cm³/mol. The molecule has 0 atom stereocenters. The first-order valence-electron chi connectivity index (χ1n) is 6.14. The van der Waals surface area contributed by atoms with Gasteiger partial charge in [0.05, 0.1) is 0 Å². The van der Waals surface area contributed by atoms with Crippen LogP contribution in [0.25, 0.3) is 32.3 Å². The third-order valence-corrected chi connectivity index (χ3v) is 3.56. The van der Waals surface area contributed by atoms with Crippen LogP contribution in [-0.2, 0) is 0 Å². The van der Waals surface area contributed by atoms with E-state index in [1.807, 2.05) is 0 Å². The van der Waals surface area contributed by atoms with Crippen LogP contribution < -0.4 is 0 Å². The smallest absolute Gasteiger partial charge is 0.00923 e. The maximum absolute atomic E-state index is 3.39. The number of benzene rings is 4. The molecule has 0 unspecified atom stereocenters. The number of hydrogen-bond acceptors (Lipinski definition) is 0. The second-order valence-corrected chi connectivity index (χ2v) is 4.58. The van der Waals surface area contributed by atoms with Crippen LogP contribution in [0.5, 0.6) is 0 Å². The summed E-state index contributed by atoms with van der Waals surface area (Å²) < 4.78 is 0. The minimum absolute atomic E-state index is 1.18. The standard InChI is InChI=1S/C18H11/c1-3-7-15-13(5-1)9-11-18-16-8-4-2-6-14(16)10-12-17(15)18/h1-9,11-12H. The molecule has 0 spiro atoms. The molecule has 0 saturated carbocycles. The molecule has 1 radical (unpaired) electrons. The Morgan fingerprint density at radius 1 is 0.556 bits per heavy atom. The summed E-state index contributed by atoms with van der Waals surface area (Å²) in [6.07, 6.45) is 0. The highest BCUT2D eigenvalue weighted by atomic mass is 14.1.